The summed E-state index contributed by atoms with van der Waals surface area (Å²) in [4.78, 5) is 6.59. The molecule has 0 spiro atoms. The van der Waals surface area contributed by atoms with Crippen LogP contribution in [0.1, 0.15) is 36.9 Å². The Morgan fingerprint density at radius 3 is 2.83 bits per heavy atom. The number of fused-ring (bicyclic) bond motifs is 2. The first kappa shape index (κ1) is 11.7. The number of nitriles is 1. The minimum absolute atomic E-state index is 0.532. The molecule has 2 unspecified atom stereocenters. The van der Waals surface area contributed by atoms with Crippen LogP contribution in [0.4, 0.5) is 0 Å². The first-order valence-electron chi connectivity index (χ1n) is 6.91. The first-order valence-corrected chi connectivity index (χ1v) is 6.91. The van der Waals surface area contributed by atoms with Crippen molar-refractivity contribution in [2.24, 2.45) is 11.8 Å². The van der Waals surface area contributed by atoms with Gasteiger partial charge in [-0.3, -0.25) is 4.90 Å². The predicted octanol–water partition coefficient (Wildman–Crippen LogP) is 2.58. The molecule has 0 amide bonds. The highest BCUT2D eigenvalue weighted by Crippen LogP contribution is 2.34. The smallest absolute Gasteiger partial charge is 0.140 e. The van der Waals surface area contributed by atoms with Crippen LogP contribution in [0.3, 0.4) is 0 Å². The van der Waals surface area contributed by atoms with Crippen LogP contribution in [0, 0.1) is 23.2 Å². The van der Waals surface area contributed by atoms with Gasteiger partial charge < -0.3 is 0 Å². The van der Waals surface area contributed by atoms with Crippen LogP contribution in [0.2, 0.25) is 0 Å². The maximum atomic E-state index is 8.87. The van der Waals surface area contributed by atoms with E-state index in [1.165, 1.54) is 44.3 Å². The summed E-state index contributed by atoms with van der Waals surface area (Å²) in [5.41, 5.74) is 1.76. The molecule has 3 heteroatoms. The van der Waals surface area contributed by atoms with Gasteiger partial charge in [0.05, 0.1) is 0 Å². The van der Waals surface area contributed by atoms with E-state index >= 15 is 0 Å². The third kappa shape index (κ3) is 2.54. The third-order valence-corrected chi connectivity index (χ3v) is 4.27. The Balaban J connectivity index is 1.67. The van der Waals surface area contributed by atoms with E-state index in [0.29, 0.717) is 5.69 Å². The SMILES string of the molecule is N#Cc1cc(CN2CC3CCCC(C3)C2)ccn1. The number of nitrogens with zero attached hydrogens (tertiary/aromatic N) is 3. The third-order valence-electron chi connectivity index (χ3n) is 4.27. The Labute approximate surface area is 108 Å². The molecule has 2 aliphatic rings. The van der Waals surface area contributed by atoms with Crippen molar-refractivity contribution < 1.29 is 0 Å². The topological polar surface area (TPSA) is 39.9 Å². The molecule has 2 heterocycles. The molecule has 0 radical (unpaired) electrons. The summed E-state index contributed by atoms with van der Waals surface area (Å²) in [5.74, 6) is 1.82. The van der Waals surface area contributed by atoms with Crippen molar-refractivity contribution in [3.63, 3.8) is 0 Å². The number of likely N-dealkylation sites (tertiary alicyclic amines) is 1. The van der Waals surface area contributed by atoms with E-state index in [0.717, 1.165) is 18.4 Å². The van der Waals surface area contributed by atoms with Gasteiger partial charge in [-0.1, -0.05) is 6.42 Å². The van der Waals surface area contributed by atoms with Crippen LogP contribution in [0.5, 0.6) is 0 Å². The maximum absolute atomic E-state index is 8.87. The number of aromatic nitrogens is 1. The van der Waals surface area contributed by atoms with E-state index in [9.17, 15) is 0 Å². The number of rotatable bonds is 2. The monoisotopic (exact) mass is 241 g/mol. The number of pyridine rings is 1. The van der Waals surface area contributed by atoms with E-state index in [4.69, 9.17) is 5.26 Å². The van der Waals surface area contributed by atoms with Crippen molar-refractivity contribution in [1.82, 2.24) is 9.88 Å². The highest BCUT2D eigenvalue weighted by atomic mass is 15.1. The van der Waals surface area contributed by atoms with Gasteiger partial charge in [0.1, 0.15) is 11.8 Å². The summed E-state index contributed by atoms with van der Waals surface area (Å²) in [6.07, 6.45) is 7.44. The van der Waals surface area contributed by atoms with Crippen LogP contribution in [-0.4, -0.2) is 23.0 Å². The van der Waals surface area contributed by atoms with Gasteiger partial charge in [0.15, 0.2) is 0 Å². The van der Waals surface area contributed by atoms with Gasteiger partial charge in [-0.05, 0) is 48.8 Å². The van der Waals surface area contributed by atoms with Gasteiger partial charge in [-0.2, -0.15) is 5.26 Å². The molecule has 1 aromatic rings. The Hall–Kier alpha value is -1.40. The lowest BCUT2D eigenvalue weighted by molar-refractivity contribution is 0.0808. The van der Waals surface area contributed by atoms with Gasteiger partial charge in [0, 0.05) is 25.8 Å². The molecule has 0 aromatic carbocycles. The summed E-state index contributed by atoms with van der Waals surface area (Å²) >= 11 is 0. The standard InChI is InChI=1S/C15H19N3/c16-8-15-7-14(4-5-17-15)11-18-9-12-2-1-3-13(6-12)10-18/h4-5,7,12-13H,1-3,6,9-11H2. The molecule has 1 saturated heterocycles. The fraction of sp³-hybridized carbons (Fsp3) is 0.600. The molecular formula is C15H19N3. The quantitative estimate of drug-likeness (QED) is 0.799. The zero-order chi connectivity index (χ0) is 12.4. The van der Waals surface area contributed by atoms with E-state index in [2.05, 4.69) is 16.0 Å². The summed E-state index contributed by atoms with van der Waals surface area (Å²) in [6.45, 7) is 3.45. The zero-order valence-electron chi connectivity index (χ0n) is 10.7. The second-order valence-electron chi connectivity index (χ2n) is 5.75. The average molecular weight is 241 g/mol. The molecular weight excluding hydrogens is 222 g/mol. The molecule has 0 N–H and O–H groups in total. The minimum atomic E-state index is 0.532. The van der Waals surface area contributed by atoms with Crippen LogP contribution < -0.4 is 0 Å². The Kier molecular flexibility index (Phi) is 3.29. The van der Waals surface area contributed by atoms with E-state index in [1.807, 2.05) is 12.1 Å². The highest BCUT2D eigenvalue weighted by molar-refractivity contribution is 5.25. The van der Waals surface area contributed by atoms with Gasteiger partial charge in [-0.25, -0.2) is 4.98 Å². The number of piperidine rings is 1. The molecule has 94 valence electrons. The molecule has 2 atom stereocenters. The van der Waals surface area contributed by atoms with Gasteiger partial charge >= 0.3 is 0 Å². The van der Waals surface area contributed by atoms with Crippen molar-refractivity contribution >= 4 is 0 Å². The maximum Gasteiger partial charge on any atom is 0.140 e. The summed E-state index contributed by atoms with van der Waals surface area (Å²) in [6, 6.07) is 6.07. The van der Waals surface area contributed by atoms with Crippen LogP contribution in [0.15, 0.2) is 18.3 Å². The van der Waals surface area contributed by atoms with Crippen LogP contribution in [-0.2, 0) is 6.54 Å². The first-order chi connectivity index (χ1) is 8.83. The normalized spacial score (nSPS) is 27.7. The summed E-state index contributed by atoms with van der Waals surface area (Å²) in [7, 11) is 0. The molecule has 1 saturated carbocycles. The van der Waals surface area contributed by atoms with Crippen molar-refractivity contribution in [3.05, 3.63) is 29.6 Å². The molecule has 3 nitrogen and oxygen atoms in total. The van der Waals surface area contributed by atoms with E-state index in [-0.39, 0.29) is 0 Å². The lowest BCUT2D eigenvalue weighted by Gasteiger charge is -2.41. The molecule has 1 aliphatic carbocycles. The Bertz CT molecular complexity index is 451. The fourth-order valence-electron chi connectivity index (χ4n) is 3.56. The molecule has 1 aromatic heterocycles. The average Bonchev–Trinajstić information content (AvgIpc) is 2.38. The zero-order valence-corrected chi connectivity index (χ0v) is 10.7. The molecule has 2 fully saturated rings. The summed E-state index contributed by atoms with van der Waals surface area (Å²) in [5, 5.41) is 8.87. The number of hydrogen-bond donors (Lipinski definition) is 0. The van der Waals surface area contributed by atoms with Crippen molar-refractivity contribution in [1.29, 1.82) is 5.26 Å². The van der Waals surface area contributed by atoms with Gasteiger partial charge in [0.2, 0.25) is 0 Å². The van der Waals surface area contributed by atoms with E-state index in [1.54, 1.807) is 6.20 Å². The lowest BCUT2D eigenvalue weighted by Crippen LogP contribution is -2.42. The predicted molar refractivity (Wildman–Crippen MR) is 69.7 cm³/mol. The van der Waals surface area contributed by atoms with Crippen molar-refractivity contribution in [2.75, 3.05) is 13.1 Å². The number of hydrogen-bond acceptors (Lipinski definition) is 3. The largest absolute Gasteiger partial charge is 0.299 e. The molecule has 2 bridgehead atoms. The Morgan fingerprint density at radius 2 is 2.11 bits per heavy atom. The Morgan fingerprint density at radius 1 is 1.33 bits per heavy atom. The molecule has 3 rings (SSSR count). The second kappa shape index (κ2) is 5.07. The molecule has 1 aliphatic heterocycles. The van der Waals surface area contributed by atoms with E-state index < -0.39 is 0 Å². The van der Waals surface area contributed by atoms with Gasteiger partial charge in [-0.15, -0.1) is 0 Å². The fourth-order valence-corrected chi connectivity index (χ4v) is 3.56. The van der Waals surface area contributed by atoms with Gasteiger partial charge in [0.25, 0.3) is 0 Å². The van der Waals surface area contributed by atoms with Crippen molar-refractivity contribution in [3.8, 4) is 6.07 Å². The van der Waals surface area contributed by atoms with Crippen LogP contribution >= 0.6 is 0 Å². The summed E-state index contributed by atoms with van der Waals surface area (Å²) < 4.78 is 0. The second-order valence-corrected chi connectivity index (χ2v) is 5.75. The van der Waals surface area contributed by atoms with Crippen LogP contribution in [0.25, 0.3) is 0 Å². The van der Waals surface area contributed by atoms with Crippen molar-refractivity contribution in [2.45, 2.75) is 32.2 Å². The highest BCUT2D eigenvalue weighted by Gasteiger charge is 2.30. The minimum Gasteiger partial charge on any atom is -0.299 e. The lowest BCUT2D eigenvalue weighted by atomic mass is 9.78. The molecule has 18 heavy (non-hydrogen) atoms.